The van der Waals surface area contributed by atoms with E-state index in [1.807, 2.05) is 6.92 Å². The fourth-order valence-electron chi connectivity index (χ4n) is 3.27. The summed E-state index contributed by atoms with van der Waals surface area (Å²) < 4.78 is 27.2. The van der Waals surface area contributed by atoms with Crippen LogP contribution in [0, 0.1) is 6.92 Å². The summed E-state index contributed by atoms with van der Waals surface area (Å²) in [5.41, 5.74) is 7.30. The predicted octanol–water partition coefficient (Wildman–Crippen LogP) is 1.44. The maximum atomic E-state index is 12.8. The molecule has 0 amide bonds. The van der Waals surface area contributed by atoms with Crippen LogP contribution in [0.2, 0.25) is 0 Å². The van der Waals surface area contributed by atoms with Crippen LogP contribution in [0.15, 0.2) is 23.1 Å². The van der Waals surface area contributed by atoms with Crippen LogP contribution in [-0.4, -0.2) is 49.8 Å². The van der Waals surface area contributed by atoms with Crippen molar-refractivity contribution in [2.75, 3.05) is 31.9 Å². The number of aryl methyl sites for hydroxylation is 1. The van der Waals surface area contributed by atoms with Gasteiger partial charge in [-0.1, -0.05) is 12.5 Å². The number of piperidine rings is 1. The maximum Gasteiger partial charge on any atom is 0.243 e. The zero-order valence-electron chi connectivity index (χ0n) is 12.5. The molecule has 116 valence electrons. The molecule has 2 N–H and O–H groups in total. The lowest BCUT2D eigenvalue weighted by Gasteiger charge is -2.43. The molecule has 2 aliphatic rings. The lowest BCUT2D eigenvalue weighted by molar-refractivity contribution is 0.0852. The summed E-state index contributed by atoms with van der Waals surface area (Å²) in [5, 5.41) is 0. The zero-order valence-corrected chi connectivity index (χ0v) is 13.3. The number of benzene rings is 1. The van der Waals surface area contributed by atoms with Crippen molar-refractivity contribution in [2.45, 2.75) is 37.1 Å². The van der Waals surface area contributed by atoms with Gasteiger partial charge < -0.3 is 5.73 Å². The monoisotopic (exact) mass is 309 g/mol. The molecule has 2 heterocycles. The van der Waals surface area contributed by atoms with Crippen LogP contribution < -0.4 is 5.73 Å². The van der Waals surface area contributed by atoms with Crippen LogP contribution in [0.5, 0.6) is 0 Å². The van der Waals surface area contributed by atoms with Gasteiger partial charge in [0.2, 0.25) is 10.0 Å². The molecule has 5 nitrogen and oxygen atoms in total. The Morgan fingerprint density at radius 1 is 1.19 bits per heavy atom. The Balaban J connectivity index is 1.83. The molecule has 1 unspecified atom stereocenters. The van der Waals surface area contributed by atoms with E-state index in [4.69, 9.17) is 5.73 Å². The molecule has 0 aromatic heterocycles. The highest BCUT2D eigenvalue weighted by Crippen LogP contribution is 2.26. The summed E-state index contributed by atoms with van der Waals surface area (Å²) in [6.45, 7) is 5.01. The van der Waals surface area contributed by atoms with E-state index in [1.165, 1.54) is 12.8 Å². The molecule has 1 aromatic rings. The number of fused-ring (bicyclic) bond motifs is 1. The Morgan fingerprint density at radius 2 is 2.00 bits per heavy atom. The lowest BCUT2D eigenvalue weighted by Crippen LogP contribution is -2.56. The third-order valence-electron chi connectivity index (χ3n) is 4.69. The average Bonchev–Trinajstić information content (AvgIpc) is 2.49. The van der Waals surface area contributed by atoms with Gasteiger partial charge in [-0.15, -0.1) is 0 Å². The second kappa shape index (κ2) is 5.59. The summed E-state index contributed by atoms with van der Waals surface area (Å²) in [4.78, 5) is 2.74. The normalized spacial score (nSPS) is 24.7. The zero-order chi connectivity index (χ0) is 15.0. The fourth-order valence-corrected chi connectivity index (χ4v) is 4.78. The van der Waals surface area contributed by atoms with Crippen molar-refractivity contribution in [1.29, 1.82) is 0 Å². The third kappa shape index (κ3) is 2.80. The molecule has 0 radical (unpaired) electrons. The number of rotatable bonds is 2. The van der Waals surface area contributed by atoms with Crippen molar-refractivity contribution in [3.63, 3.8) is 0 Å². The molecular formula is C15H23N3O2S. The largest absolute Gasteiger partial charge is 0.398 e. The van der Waals surface area contributed by atoms with Crippen LogP contribution >= 0.6 is 0 Å². The Kier molecular flexibility index (Phi) is 3.94. The SMILES string of the molecule is Cc1ccc(S(=O)(=O)N2CCN3CCCCC3C2)cc1N. The van der Waals surface area contributed by atoms with Gasteiger partial charge in [-0.2, -0.15) is 4.31 Å². The number of nitrogens with zero attached hydrogens (tertiary/aromatic N) is 2. The van der Waals surface area contributed by atoms with Gasteiger partial charge in [0.15, 0.2) is 0 Å². The molecule has 2 saturated heterocycles. The molecule has 0 bridgehead atoms. The third-order valence-corrected chi connectivity index (χ3v) is 6.55. The first-order valence-corrected chi connectivity index (χ1v) is 9.03. The summed E-state index contributed by atoms with van der Waals surface area (Å²) in [6, 6.07) is 5.40. The number of nitrogen functional groups attached to an aromatic ring is 1. The standard InChI is InChI=1S/C15H23N3O2S/c1-12-5-6-14(10-15(12)16)21(19,20)18-9-8-17-7-3-2-4-13(17)11-18/h5-6,10,13H,2-4,7-9,11,16H2,1H3. The predicted molar refractivity (Wildman–Crippen MR) is 83.6 cm³/mol. The summed E-state index contributed by atoms with van der Waals surface area (Å²) in [5.74, 6) is 0. The van der Waals surface area contributed by atoms with E-state index in [2.05, 4.69) is 4.90 Å². The molecule has 0 aliphatic carbocycles. The van der Waals surface area contributed by atoms with Gasteiger partial charge >= 0.3 is 0 Å². The van der Waals surface area contributed by atoms with Crippen LogP contribution in [-0.2, 0) is 10.0 Å². The van der Waals surface area contributed by atoms with Crippen LogP contribution in [0.4, 0.5) is 5.69 Å². The Labute approximate surface area is 126 Å². The maximum absolute atomic E-state index is 12.8. The van der Waals surface area contributed by atoms with E-state index < -0.39 is 10.0 Å². The summed E-state index contributed by atoms with van der Waals surface area (Å²) in [6.07, 6.45) is 3.53. The van der Waals surface area contributed by atoms with E-state index in [-0.39, 0.29) is 0 Å². The molecule has 1 atom stereocenters. The molecule has 1 aromatic carbocycles. The molecule has 2 aliphatic heterocycles. The summed E-state index contributed by atoms with van der Waals surface area (Å²) >= 11 is 0. The molecule has 0 spiro atoms. The van der Waals surface area contributed by atoms with Gasteiger partial charge in [-0.3, -0.25) is 4.90 Å². The molecule has 3 rings (SSSR count). The van der Waals surface area contributed by atoms with Crippen molar-refractivity contribution < 1.29 is 8.42 Å². The van der Waals surface area contributed by atoms with Crippen molar-refractivity contribution in [1.82, 2.24) is 9.21 Å². The highest BCUT2D eigenvalue weighted by atomic mass is 32.2. The second-order valence-corrected chi connectivity index (χ2v) is 8.00. The Morgan fingerprint density at radius 3 is 2.76 bits per heavy atom. The van der Waals surface area contributed by atoms with E-state index in [0.717, 1.165) is 25.1 Å². The van der Waals surface area contributed by atoms with Crippen LogP contribution in [0.25, 0.3) is 0 Å². The minimum absolute atomic E-state index is 0.315. The number of piperazine rings is 1. The smallest absolute Gasteiger partial charge is 0.243 e. The average molecular weight is 309 g/mol. The molecule has 21 heavy (non-hydrogen) atoms. The van der Waals surface area contributed by atoms with Gasteiger partial charge in [0.1, 0.15) is 0 Å². The van der Waals surface area contributed by atoms with Crippen LogP contribution in [0.1, 0.15) is 24.8 Å². The number of hydrogen-bond acceptors (Lipinski definition) is 4. The molecular weight excluding hydrogens is 286 g/mol. The highest BCUT2D eigenvalue weighted by Gasteiger charge is 2.35. The first-order valence-electron chi connectivity index (χ1n) is 7.59. The summed E-state index contributed by atoms with van der Waals surface area (Å²) in [7, 11) is -3.43. The van der Waals surface area contributed by atoms with E-state index in [9.17, 15) is 8.42 Å². The lowest BCUT2D eigenvalue weighted by atomic mass is 10.0. The second-order valence-electron chi connectivity index (χ2n) is 6.07. The minimum Gasteiger partial charge on any atom is -0.398 e. The van der Waals surface area contributed by atoms with Crippen molar-refractivity contribution in [3.8, 4) is 0 Å². The fraction of sp³-hybridized carbons (Fsp3) is 0.600. The molecule has 2 fully saturated rings. The number of hydrogen-bond donors (Lipinski definition) is 1. The highest BCUT2D eigenvalue weighted by molar-refractivity contribution is 7.89. The number of nitrogens with two attached hydrogens (primary N) is 1. The van der Waals surface area contributed by atoms with Crippen molar-refractivity contribution in [2.24, 2.45) is 0 Å². The minimum atomic E-state index is -3.43. The topological polar surface area (TPSA) is 66.6 Å². The Bertz CT molecular complexity index is 630. The van der Waals surface area contributed by atoms with Gasteiger partial charge in [-0.25, -0.2) is 8.42 Å². The van der Waals surface area contributed by atoms with E-state index in [1.54, 1.807) is 22.5 Å². The Hall–Kier alpha value is -1.11. The number of anilines is 1. The first kappa shape index (κ1) is 14.8. The van der Waals surface area contributed by atoms with Crippen LogP contribution in [0.3, 0.4) is 0 Å². The van der Waals surface area contributed by atoms with E-state index in [0.29, 0.717) is 29.7 Å². The quantitative estimate of drug-likeness (QED) is 0.840. The van der Waals surface area contributed by atoms with E-state index >= 15 is 0 Å². The van der Waals surface area contributed by atoms with Crippen molar-refractivity contribution >= 4 is 15.7 Å². The first-order chi connectivity index (χ1) is 9.98. The van der Waals surface area contributed by atoms with Gasteiger partial charge in [0.25, 0.3) is 0 Å². The van der Waals surface area contributed by atoms with Crippen molar-refractivity contribution in [3.05, 3.63) is 23.8 Å². The molecule has 6 heteroatoms. The number of sulfonamides is 1. The van der Waals surface area contributed by atoms with Gasteiger partial charge in [0.05, 0.1) is 4.90 Å². The van der Waals surface area contributed by atoms with Gasteiger partial charge in [0, 0.05) is 31.4 Å². The van der Waals surface area contributed by atoms with Gasteiger partial charge in [-0.05, 0) is 44.0 Å². The molecule has 0 saturated carbocycles.